The number of nitrogens with zero attached hydrogens (tertiary/aromatic N) is 1. The highest BCUT2D eigenvalue weighted by Gasteiger charge is 2.37. The molecule has 1 amide bonds. The van der Waals surface area contributed by atoms with Crippen LogP contribution in [0.2, 0.25) is 0 Å². The Labute approximate surface area is 132 Å². The van der Waals surface area contributed by atoms with Gasteiger partial charge in [0.05, 0.1) is 17.8 Å². The number of aromatic nitrogens is 1. The van der Waals surface area contributed by atoms with Crippen LogP contribution in [0.4, 0.5) is 5.69 Å². The van der Waals surface area contributed by atoms with Crippen molar-refractivity contribution in [2.75, 3.05) is 5.32 Å². The topological polar surface area (TPSA) is 68.0 Å². The van der Waals surface area contributed by atoms with Crippen molar-refractivity contribution < 1.29 is 4.79 Å². The first kappa shape index (κ1) is 19.2. The summed E-state index contributed by atoms with van der Waals surface area (Å²) < 4.78 is 0. The van der Waals surface area contributed by atoms with Crippen LogP contribution in [0.15, 0.2) is 18.5 Å². The third kappa shape index (κ3) is 4.33. The highest BCUT2D eigenvalue weighted by atomic mass is 35.5. The van der Waals surface area contributed by atoms with Crippen molar-refractivity contribution in [2.24, 2.45) is 11.7 Å². The molecule has 2 unspecified atom stereocenters. The van der Waals surface area contributed by atoms with E-state index in [1.807, 2.05) is 19.9 Å². The Balaban J connectivity index is 0.00000180. The molecule has 0 aliphatic heterocycles. The van der Waals surface area contributed by atoms with E-state index >= 15 is 0 Å². The number of nitrogens with two attached hydrogens (primary N) is 1. The minimum absolute atomic E-state index is 0. The van der Waals surface area contributed by atoms with Gasteiger partial charge >= 0.3 is 0 Å². The molecule has 1 fully saturated rings. The number of amides is 1. The average molecular weight is 320 g/mol. The summed E-state index contributed by atoms with van der Waals surface area (Å²) >= 11 is 0. The molecule has 0 radical (unpaired) electrons. The van der Waals surface area contributed by atoms with E-state index in [4.69, 9.17) is 5.73 Å². The number of anilines is 1. The van der Waals surface area contributed by atoms with Gasteiger partial charge in [-0.2, -0.15) is 0 Å². The van der Waals surface area contributed by atoms with Crippen LogP contribution in [-0.2, 0) is 4.79 Å². The van der Waals surface area contributed by atoms with E-state index in [9.17, 15) is 4.79 Å². The molecule has 1 aromatic rings. The molecule has 6 heteroatoms. The van der Waals surface area contributed by atoms with Gasteiger partial charge in [0.1, 0.15) is 0 Å². The quantitative estimate of drug-likeness (QED) is 0.880. The second-order valence-electron chi connectivity index (χ2n) is 5.48. The molecule has 1 aliphatic carbocycles. The normalized spacial score (nSPS) is 25.1. The van der Waals surface area contributed by atoms with Gasteiger partial charge in [-0.15, -0.1) is 24.8 Å². The summed E-state index contributed by atoms with van der Waals surface area (Å²) in [7, 11) is 0. The number of nitrogens with one attached hydrogen (secondary N) is 1. The largest absolute Gasteiger partial charge is 0.325 e. The lowest BCUT2D eigenvalue weighted by Crippen LogP contribution is -2.51. The van der Waals surface area contributed by atoms with Crippen LogP contribution in [0.25, 0.3) is 0 Å². The minimum atomic E-state index is -0.390. The van der Waals surface area contributed by atoms with Gasteiger partial charge < -0.3 is 11.1 Å². The lowest BCUT2D eigenvalue weighted by molar-refractivity contribution is -0.122. The van der Waals surface area contributed by atoms with E-state index in [1.165, 1.54) is 0 Å². The van der Waals surface area contributed by atoms with E-state index in [0.717, 1.165) is 36.9 Å². The summed E-state index contributed by atoms with van der Waals surface area (Å²) in [6.07, 6.45) is 7.39. The van der Waals surface area contributed by atoms with Gasteiger partial charge in [0.2, 0.25) is 5.91 Å². The first-order valence-corrected chi connectivity index (χ1v) is 6.51. The van der Waals surface area contributed by atoms with E-state index < -0.39 is 5.54 Å². The minimum Gasteiger partial charge on any atom is -0.325 e. The number of hydrogen-bond acceptors (Lipinski definition) is 3. The van der Waals surface area contributed by atoms with Crippen LogP contribution in [0, 0.1) is 12.8 Å². The molecule has 3 N–H and O–H groups in total. The maximum absolute atomic E-state index is 12.3. The van der Waals surface area contributed by atoms with Gasteiger partial charge in [0, 0.05) is 11.7 Å². The highest BCUT2D eigenvalue weighted by molar-refractivity contribution is 5.94. The maximum atomic E-state index is 12.3. The molecule has 114 valence electrons. The lowest BCUT2D eigenvalue weighted by Gasteiger charge is -2.37. The number of hydrogen-bond donors (Lipinski definition) is 2. The lowest BCUT2D eigenvalue weighted by atomic mass is 9.74. The number of rotatable bonds is 2. The zero-order chi connectivity index (χ0) is 13.2. The molecule has 20 heavy (non-hydrogen) atoms. The molecule has 1 aliphatic rings. The zero-order valence-electron chi connectivity index (χ0n) is 11.9. The van der Waals surface area contributed by atoms with Gasteiger partial charge in [-0.3, -0.25) is 9.78 Å². The van der Waals surface area contributed by atoms with Crippen molar-refractivity contribution in [1.82, 2.24) is 4.98 Å². The van der Waals surface area contributed by atoms with Crippen LogP contribution >= 0.6 is 24.8 Å². The molecule has 0 aromatic carbocycles. The second-order valence-corrected chi connectivity index (χ2v) is 5.48. The van der Waals surface area contributed by atoms with E-state index in [2.05, 4.69) is 10.3 Å². The standard InChI is InChI=1S/C14H21N3O.2ClH/c1-10-6-8-16-9-12(10)17-13(18)11-5-3-4-7-14(11,2)15;;/h6,8-9,11H,3-5,7,15H2,1-2H3,(H,17,18);2*1H. The fourth-order valence-corrected chi connectivity index (χ4v) is 2.60. The number of halogens is 2. The van der Waals surface area contributed by atoms with Crippen molar-refractivity contribution in [3.63, 3.8) is 0 Å². The summed E-state index contributed by atoms with van der Waals surface area (Å²) in [6, 6.07) is 1.89. The Hall–Kier alpha value is -0.840. The van der Waals surface area contributed by atoms with Crippen molar-refractivity contribution in [3.05, 3.63) is 24.0 Å². The first-order valence-electron chi connectivity index (χ1n) is 6.51. The van der Waals surface area contributed by atoms with Crippen LogP contribution in [0.5, 0.6) is 0 Å². The second kappa shape index (κ2) is 7.81. The Bertz CT molecular complexity index is 452. The first-order chi connectivity index (χ1) is 8.50. The SMILES string of the molecule is Cc1ccncc1NC(=O)C1CCCCC1(C)N.Cl.Cl. The van der Waals surface area contributed by atoms with Crippen LogP contribution in [-0.4, -0.2) is 16.4 Å². The smallest absolute Gasteiger partial charge is 0.229 e. The summed E-state index contributed by atoms with van der Waals surface area (Å²) in [5.41, 5.74) is 7.65. The van der Waals surface area contributed by atoms with Gasteiger partial charge in [-0.05, 0) is 38.3 Å². The predicted molar refractivity (Wildman–Crippen MR) is 86.7 cm³/mol. The average Bonchev–Trinajstić information content (AvgIpc) is 2.31. The maximum Gasteiger partial charge on any atom is 0.229 e. The summed E-state index contributed by atoms with van der Waals surface area (Å²) in [5, 5.41) is 2.95. The van der Waals surface area contributed by atoms with Crippen molar-refractivity contribution in [2.45, 2.75) is 45.1 Å². The molecule has 4 nitrogen and oxygen atoms in total. The monoisotopic (exact) mass is 319 g/mol. The summed E-state index contributed by atoms with van der Waals surface area (Å²) in [6.45, 7) is 3.94. The van der Waals surface area contributed by atoms with Crippen molar-refractivity contribution >= 4 is 36.4 Å². The molecule has 0 saturated heterocycles. The van der Waals surface area contributed by atoms with Crippen molar-refractivity contribution in [3.8, 4) is 0 Å². The molecule has 1 aromatic heterocycles. The predicted octanol–water partition coefficient (Wildman–Crippen LogP) is 3.08. The van der Waals surface area contributed by atoms with Crippen LogP contribution in [0.3, 0.4) is 0 Å². The number of pyridine rings is 1. The van der Waals surface area contributed by atoms with Gasteiger partial charge in [-0.1, -0.05) is 12.8 Å². The molecule has 1 saturated carbocycles. The molecule has 0 spiro atoms. The number of carbonyl (C=O) groups is 1. The Morgan fingerprint density at radius 2 is 2.15 bits per heavy atom. The molecule has 2 rings (SSSR count). The van der Waals surface area contributed by atoms with Gasteiger partial charge in [0.25, 0.3) is 0 Å². The van der Waals surface area contributed by atoms with Crippen molar-refractivity contribution in [1.29, 1.82) is 0 Å². The van der Waals surface area contributed by atoms with E-state index in [1.54, 1.807) is 12.4 Å². The van der Waals surface area contributed by atoms with E-state index in [-0.39, 0.29) is 36.6 Å². The van der Waals surface area contributed by atoms with Gasteiger partial charge in [0.15, 0.2) is 0 Å². The summed E-state index contributed by atoms with van der Waals surface area (Å²) in [5.74, 6) is -0.0818. The van der Waals surface area contributed by atoms with Crippen LogP contribution < -0.4 is 11.1 Å². The highest BCUT2D eigenvalue weighted by Crippen LogP contribution is 2.32. The fraction of sp³-hybridized carbons (Fsp3) is 0.571. The zero-order valence-corrected chi connectivity index (χ0v) is 13.5. The molecule has 1 heterocycles. The number of carbonyl (C=O) groups excluding carboxylic acids is 1. The van der Waals surface area contributed by atoms with Gasteiger partial charge in [-0.25, -0.2) is 0 Å². The number of aryl methyl sites for hydroxylation is 1. The summed E-state index contributed by atoms with van der Waals surface area (Å²) in [4.78, 5) is 16.4. The Kier molecular flexibility index (Phi) is 7.49. The van der Waals surface area contributed by atoms with Crippen LogP contribution in [0.1, 0.15) is 38.2 Å². The van der Waals surface area contributed by atoms with E-state index in [0.29, 0.717) is 0 Å². The molecular formula is C14H23Cl2N3O. The molecule has 0 bridgehead atoms. The third-order valence-corrected chi connectivity index (χ3v) is 3.87. The molecule has 2 atom stereocenters. The Morgan fingerprint density at radius 3 is 2.75 bits per heavy atom. The fourth-order valence-electron chi connectivity index (χ4n) is 2.60. The third-order valence-electron chi connectivity index (χ3n) is 3.87. The Morgan fingerprint density at radius 1 is 1.45 bits per heavy atom. The molecular weight excluding hydrogens is 297 g/mol.